The highest BCUT2D eigenvalue weighted by Crippen LogP contribution is 2.65. The molecule has 2 N–H and O–H groups in total. The monoisotopic (exact) mass is 553 g/mol. The molecule has 3 aromatic carbocycles. The minimum Gasteiger partial charge on any atom is -0.465 e. The van der Waals surface area contributed by atoms with Crippen LogP contribution in [0.5, 0.6) is 0 Å². The summed E-state index contributed by atoms with van der Waals surface area (Å²) in [5.74, 6) is -0.570. The molecule has 3 aliphatic rings. The number of esters is 1. The summed E-state index contributed by atoms with van der Waals surface area (Å²) in [7, 11) is 5.25. The highest BCUT2D eigenvalue weighted by atomic mass is 16.5. The predicted molar refractivity (Wildman–Crippen MR) is 158 cm³/mol. The number of methoxy groups -OCH3 is 1. The first-order chi connectivity index (χ1) is 19.8. The van der Waals surface area contributed by atoms with Gasteiger partial charge in [-0.05, 0) is 54.6 Å². The third-order valence-corrected chi connectivity index (χ3v) is 8.78. The van der Waals surface area contributed by atoms with Crippen molar-refractivity contribution in [2.24, 2.45) is 0 Å². The summed E-state index contributed by atoms with van der Waals surface area (Å²) in [4.78, 5) is 44.9. The molecule has 0 bridgehead atoms. The molecule has 41 heavy (non-hydrogen) atoms. The number of hydrogen-bond acceptors (Lipinski definition) is 7. The highest BCUT2D eigenvalue weighted by Gasteiger charge is 2.73. The zero-order valence-corrected chi connectivity index (χ0v) is 23.6. The first-order valence-electron chi connectivity index (χ1n) is 14.0. The number of nitrogens with zero attached hydrogens (tertiary/aromatic N) is 3. The standard InChI is InChI=1S/C32H35N5O4/c1-35-15-17-37(18-16-35)20-27(38)36(2)24-12-10-23(11-13-24)33-29-28(21-7-5-4-6-8-21)32(29)25-14-9-22(30(39)41-3)19-26(25)34-31(32)40/h4-14,19,28-29,33H,15-18,20H2,1-3H3,(H,34,40). The molecule has 9 heteroatoms. The van der Waals surface area contributed by atoms with Crippen molar-refractivity contribution in [3.05, 3.63) is 89.5 Å². The number of carbonyl (C=O) groups excluding carboxylic acids is 3. The lowest BCUT2D eigenvalue weighted by atomic mass is 9.91. The van der Waals surface area contributed by atoms with Crippen LogP contribution in [0.1, 0.15) is 27.4 Å². The Labute approximate surface area is 240 Å². The number of anilines is 3. The van der Waals surface area contributed by atoms with Crippen molar-refractivity contribution in [2.75, 3.05) is 69.5 Å². The SMILES string of the molecule is COC(=O)c1ccc2c(c1)NC(=O)C21C(Nc2ccc(N(C)C(=O)CN3CCN(C)CC3)cc2)C1c1ccccc1. The third kappa shape index (κ3) is 4.75. The number of likely N-dealkylation sites (N-methyl/N-ethyl adjacent to an activating group) is 2. The van der Waals surface area contributed by atoms with Crippen molar-refractivity contribution >= 4 is 34.8 Å². The molecule has 9 nitrogen and oxygen atoms in total. The van der Waals surface area contributed by atoms with Crippen LogP contribution in [0.4, 0.5) is 17.1 Å². The van der Waals surface area contributed by atoms with E-state index >= 15 is 0 Å². The van der Waals surface area contributed by atoms with E-state index in [-0.39, 0.29) is 23.8 Å². The van der Waals surface area contributed by atoms with Gasteiger partial charge in [0.15, 0.2) is 0 Å². The van der Waals surface area contributed by atoms with Gasteiger partial charge < -0.3 is 25.2 Å². The smallest absolute Gasteiger partial charge is 0.337 e. The average molecular weight is 554 g/mol. The van der Waals surface area contributed by atoms with Gasteiger partial charge in [0.05, 0.1) is 25.3 Å². The number of hydrogen-bond donors (Lipinski definition) is 2. The van der Waals surface area contributed by atoms with E-state index in [0.29, 0.717) is 17.8 Å². The topological polar surface area (TPSA) is 94.2 Å². The molecule has 6 rings (SSSR count). The van der Waals surface area contributed by atoms with Gasteiger partial charge in [-0.2, -0.15) is 0 Å². The number of rotatable bonds is 7. The molecule has 2 amide bonds. The van der Waals surface area contributed by atoms with Gasteiger partial charge in [-0.3, -0.25) is 14.5 Å². The Morgan fingerprint density at radius 1 is 1.02 bits per heavy atom. The van der Waals surface area contributed by atoms with Crippen LogP contribution in [-0.2, 0) is 19.7 Å². The Morgan fingerprint density at radius 2 is 1.73 bits per heavy atom. The van der Waals surface area contributed by atoms with Gasteiger partial charge in [-0.15, -0.1) is 0 Å². The van der Waals surface area contributed by atoms with E-state index in [1.54, 1.807) is 17.0 Å². The summed E-state index contributed by atoms with van der Waals surface area (Å²) in [6, 6.07) is 22.9. The van der Waals surface area contributed by atoms with Crippen molar-refractivity contribution in [1.29, 1.82) is 0 Å². The lowest BCUT2D eigenvalue weighted by Gasteiger charge is -2.32. The number of ether oxygens (including phenoxy) is 1. The van der Waals surface area contributed by atoms with E-state index in [9.17, 15) is 14.4 Å². The van der Waals surface area contributed by atoms with Gasteiger partial charge in [0.25, 0.3) is 0 Å². The maximum absolute atomic E-state index is 13.6. The van der Waals surface area contributed by atoms with Crippen LogP contribution in [0, 0.1) is 0 Å². The molecule has 1 aliphatic carbocycles. The summed E-state index contributed by atoms with van der Waals surface area (Å²) in [6.07, 6.45) is 0. The lowest BCUT2D eigenvalue weighted by molar-refractivity contribution is -0.120. The number of amides is 2. The third-order valence-electron chi connectivity index (χ3n) is 8.78. The summed E-state index contributed by atoms with van der Waals surface area (Å²) >= 11 is 0. The van der Waals surface area contributed by atoms with Gasteiger partial charge in [0.1, 0.15) is 5.41 Å². The van der Waals surface area contributed by atoms with Crippen molar-refractivity contribution in [3.8, 4) is 0 Å². The fourth-order valence-electron chi connectivity index (χ4n) is 6.33. The molecule has 3 atom stereocenters. The Morgan fingerprint density at radius 3 is 2.41 bits per heavy atom. The van der Waals surface area contributed by atoms with Crippen molar-refractivity contribution in [2.45, 2.75) is 17.4 Å². The zero-order valence-electron chi connectivity index (χ0n) is 23.6. The number of carbonyl (C=O) groups is 3. The molecule has 2 heterocycles. The largest absolute Gasteiger partial charge is 0.465 e. The van der Waals surface area contributed by atoms with Crippen LogP contribution in [0.25, 0.3) is 0 Å². The molecular formula is C32H35N5O4. The lowest BCUT2D eigenvalue weighted by Crippen LogP contribution is -2.48. The van der Waals surface area contributed by atoms with E-state index in [2.05, 4.69) is 27.5 Å². The van der Waals surface area contributed by atoms with E-state index < -0.39 is 11.4 Å². The van der Waals surface area contributed by atoms with Gasteiger partial charge in [0.2, 0.25) is 11.8 Å². The molecule has 0 aromatic heterocycles. The molecule has 3 unspecified atom stereocenters. The minimum atomic E-state index is -0.806. The van der Waals surface area contributed by atoms with Crippen LogP contribution in [0.2, 0.25) is 0 Å². The van der Waals surface area contributed by atoms with Crippen LogP contribution >= 0.6 is 0 Å². The van der Waals surface area contributed by atoms with Crippen molar-refractivity contribution in [1.82, 2.24) is 9.80 Å². The molecule has 1 saturated heterocycles. The van der Waals surface area contributed by atoms with Crippen LogP contribution in [0.15, 0.2) is 72.8 Å². The van der Waals surface area contributed by atoms with Gasteiger partial charge >= 0.3 is 5.97 Å². The van der Waals surface area contributed by atoms with Crippen LogP contribution in [0.3, 0.4) is 0 Å². The molecule has 1 spiro atoms. The number of benzene rings is 3. The molecular weight excluding hydrogens is 518 g/mol. The summed E-state index contributed by atoms with van der Waals surface area (Å²) in [5, 5.41) is 6.63. The maximum atomic E-state index is 13.6. The minimum absolute atomic E-state index is 0.0612. The molecule has 3 aromatic rings. The fraction of sp³-hybridized carbons (Fsp3) is 0.344. The Hall–Kier alpha value is -4.21. The van der Waals surface area contributed by atoms with E-state index in [4.69, 9.17) is 4.74 Å². The molecule has 2 aliphatic heterocycles. The zero-order chi connectivity index (χ0) is 28.7. The maximum Gasteiger partial charge on any atom is 0.337 e. The predicted octanol–water partition coefficient (Wildman–Crippen LogP) is 3.15. The summed E-state index contributed by atoms with van der Waals surface area (Å²) < 4.78 is 4.87. The second-order valence-corrected chi connectivity index (χ2v) is 11.2. The molecule has 1 saturated carbocycles. The van der Waals surface area contributed by atoms with E-state index in [0.717, 1.165) is 48.7 Å². The molecule has 2 fully saturated rings. The Balaban J connectivity index is 1.22. The van der Waals surface area contributed by atoms with Crippen molar-refractivity contribution < 1.29 is 19.1 Å². The number of piperazine rings is 1. The van der Waals surface area contributed by atoms with Crippen LogP contribution < -0.4 is 15.5 Å². The van der Waals surface area contributed by atoms with Gasteiger partial charge in [0, 0.05) is 56.2 Å². The summed E-state index contributed by atoms with van der Waals surface area (Å²) in [5.41, 5.74) is 3.84. The first-order valence-corrected chi connectivity index (χ1v) is 14.0. The van der Waals surface area contributed by atoms with E-state index in [1.807, 2.05) is 67.7 Å². The van der Waals surface area contributed by atoms with Crippen LogP contribution in [-0.4, -0.2) is 87.6 Å². The van der Waals surface area contributed by atoms with E-state index in [1.165, 1.54) is 7.11 Å². The molecule has 212 valence electrons. The average Bonchev–Trinajstić information content (AvgIpc) is 3.56. The fourth-order valence-corrected chi connectivity index (χ4v) is 6.33. The Bertz CT molecular complexity index is 1470. The summed E-state index contributed by atoms with van der Waals surface area (Å²) in [6.45, 7) is 4.13. The normalized spacial score (nSPS) is 23.5. The second kappa shape index (κ2) is 10.6. The van der Waals surface area contributed by atoms with Gasteiger partial charge in [-0.1, -0.05) is 36.4 Å². The Kier molecular flexibility index (Phi) is 7.01. The quantitative estimate of drug-likeness (QED) is 0.434. The van der Waals surface area contributed by atoms with Gasteiger partial charge in [-0.25, -0.2) is 4.79 Å². The number of nitrogens with one attached hydrogen (secondary N) is 2. The molecule has 0 radical (unpaired) electrons. The second-order valence-electron chi connectivity index (χ2n) is 11.2. The number of fused-ring (bicyclic) bond motifs is 2. The highest BCUT2D eigenvalue weighted by molar-refractivity contribution is 6.12. The first kappa shape index (κ1) is 27.0. The van der Waals surface area contributed by atoms with Crippen molar-refractivity contribution in [3.63, 3.8) is 0 Å².